The van der Waals surface area contributed by atoms with Gasteiger partial charge < -0.3 is 10.1 Å². The van der Waals surface area contributed by atoms with Crippen molar-refractivity contribution >= 4 is 15.9 Å². The highest BCUT2D eigenvalue weighted by Crippen LogP contribution is 2.25. The van der Waals surface area contributed by atoms with E-state index in [0.717, 1.165) is 33.7 Å². The lowest BCUT2D eigenvalue weighted by Gasteiger charge is -2.10. The van der Waals surface area contributed by atoms with Gasteiger partial charge in [-0.05, 0) is 32.5 Å². The van der Waals surface area contributed by atoms with Crippen LogP contribution in [0.3, 0.4) is 0 Å². The van der Waals surface area contributed by atoms with E-state index in [1.165, 1.54) is 5.56 Å². The molecule has 0 fully saturated rings. The summed E-state index contributed by atoms with van der Waals surface area (Å²) < 4.78 is 8.84. The first-order chi connectivity index (χ1) is 9.52. The smallest absolute Gasteiger partial charge is 0.163 e. The maximum atomic E-state index is 5.93. The van der Waals surface area contributed by atoms with Crippen LogP contribution >= 0.6 is 15.9 Å². The molecule has 0 spiro atoms. The predicted molar refractivity (Wildman–Crippen MR) is 83.9 cm³/mol. The van der Waals surface area contributed by atoms with Gasteiger partial charge in [0.05, 0.1) is 5.69 Å². The normalized spacial score (nSPS) is 10.8. The van der Waals surface area contributed by atoms with E-state index >= 15 is 0 Å². The molecule has 1 heterocycles. The Balaban J connectivity index is 2.11. The van der Waals surface area contributed by atoms with Gasteiger partial charge in [-0.1, -0.05) is 28.1 Å². The molecule has 0 bridgehead atoms. The average Bonchev–Trinajstić information content (AvgIpc) is 2.64. The Morgan fingerprint density at radius 3 is 2.65 bits per heavy atom. The number of hydrogen-bond acceptors (Lipinski definition) is 3. The summed E-state index contributed by atoms with van der Waals surface area (Å²) in [4.78, 5) is 0. The Labute approximate surface area is 128 Å². The highest BCUT2D eigenvalue weighted by atomic mass is 79.9. The van der Waals surface area contributed by atoms with E-state index in [9.17, 15) is 0 Å². The van der Waals surface area contributed by atoms with Crippen LogP contribution in [0.25, 0.3) is 0 Å². The number of nitrogens with one attached hydrogen (secondary N) is 1. The third kappa shape index (κ3) is 3.22. The summed E-state index contributed by atoms with van der Waals surface area (Å²) >= 11 is 3.60. The Morgan fingerprint density at radius 1 is 1.35 bits per heavy atom. The quantitative estimate of drug-likeness (QED) is 0.911. The van der Waals surface area contributed by atoms with Gasteiger partial charge in [-0.3, -0.25) is 4.68 Å². The number of nitrogens with zero attached hydrogens (tertiary/aromatic N) is 2. The molecule has 0 unspecified atom stereocenters. The molecule has 5 heteroatoms. The molecule has 108 valence electrons. The first kappa shape index (κ1) is 15.1. The van der Waals surface area contributed by atoms with Gasteiger partial charge >= 0.3 is 0 Å². The first-order valence-electron chi connectivity index (χ1n) is 6.57. The van der Waals surface area contributed by atoms with Gasteiger partial charge in [0.15, 0.2) is 5.75 Å². The van der Waals surface area contributed by atoms with Crippen LogP contribution in [0.1, 0.15) is 22.5 Å². The summed E-state index contributed by atoms with van der Waals surface area (Å²) in [6.45, 7) is 5.38. The Morgan fingerprint density at radius 2 is 2.10 bits per heavy atom. The van der Waals surface area contributed by atoms with E-state index in [0.29, 0.717) is 6.61 Å². The number of hydrogen-bond donors (Lipinski definition) is 1. The molecule has 1 aromatic heterocycles. The molecule has 1 N–H and O–H groups in total. The van der Waals surface area contributed by atoms with Crippen molar-refractivity contribution in [3.05, 3.63) is 45.2 Å². The highest BCUT2D eigenvalue weighted by Gasteiger charge is 2.11. The Kier molecular flexibility index (Phi) is 4.83. The lowest BCUT2D eigenvalue weighted by atomic mass is 10.1. The monoisotopic (exact) mass is 337 g/mol. The fraction of sp³-hybridized carbons (Fsp3) is 0.400. The fourth-order valence-corrected chi connectivity index (χ4v) is 2.68. The summed E-state index contributed by atoms with van der Waals surface area (Å²) in [6.07, 6.45) is 0. The van der Waals surface area contributed by atoms with Gasteiger partial charge in [-0.15, -0.1) is 0 Å². The number of benzene rings is 1. The third-order valence-corrected chi connectivity index (χ3v) is 4.05. The van der Waals surface area contributed by atoms with E-state index in [1.807, 2.05) is 32.6 Å². The van der Waals surface area contributed by atoms with Crippen molar-refractivity contribution in [2.45, 2.75) is 27.0 Å². The molecule has 1 aromatic carbocycles. The molecular weight excluding hydrogens is 318 g/mol. The first-order valence-corrected chi connectivity index (χ1v) is 7.37. The van der Waals surface area contributed by atoms with Gasteiger partial charge in [-0.25, -0.2) is 0 Å². The summed E-state index contributed by atoms with van der Waals surface area (Å²) in [7, 11) is 3.87. The SMILES string of the molecule is CNCc1ccc(COc2c(C)nn(C)c2C)c(Br)c1. The Hall–Kier alpha value is -1.33. The van der Waals surface area contributed by atoms with Crippen LogP contribution < -0.4 is 10.1 Å². The summed E-state index contributed by atoms with van der Waals surface area (Å²) in [5, 5.41) is 7.50. The van der Waals surface area contributed by atoms with Gasteiger partial charge in [0.2, 0.25) is 0 Å². The molecule has 20 heavy (non-hydrogen) atoms. The van der Waals surface area contributed by atoms with Crippen molar-refractivity contribution in [3.63, 3.8) is 0 Å². The van der Waals surface area contributed by atoms with Crippen molar-refractivity contribution in [1.82, 2.24) is 15.1 Å². The van der Waals surface area contributed by atoms with Crippen LogP contribution in [-0.2, 0) is 20.2 Å². The largest absolute Gasteiger partial charge is 0.485 e. The van der Waals surface area contributed by atoms with E-state index in [1.54, 1.807) is 0 Å². The van der Waals surface area contributed by atoms with Crippen LogP contribution in [0.2, 0.25) is 0 Å². The standard InChI is InChI=1S/C15H20BrN3O/c1-10-15(11(2)19(4)18-10)20-9-13-6-5-12(8-17-3)7-14(13)16/h5-7,17H,8-9H2,1-4H3. The van der Waals surface area contributed by atoms with Crippen molar-refractivity contribution in [2.75, 3.05) is 7.05 Å². The minimum absolute atomic E-state index is 0.536. The van der Waals surface area contributed by atoms with Crippen LogP contribution in [0.4, 0.5) is 0 Å². The van der Waals surface area contributed by atoms with Gasteiger partial charge in [0.25, 0.3) is 0 Å². The van der Waals surface area contributed by atoms with E-state index < -0.39 is 0 Å². The topological polar surface area (TPSA) is 39.1 Å². The fourth-order valence-electron chi connectivity index (χ4n) is 2.13. The zero-order valence-corrected chi connectivity index (χ0v) is 13.9. The van der Waals surface area contributed by atoms with E-state index in [2.05, 4.69) is 44.5 Å². The number of halogens is 1. The number of aromatic nitrogens is 2. The average molecular weight is 338 g/mol. The summed E-state index contributed by atoms with van der Waals surface area (Å²) in [6, 6.07) is 6.33. The number of aryl methyl sites for hydroxylation is 2. The lowest BCUT2D eigenvalue weighted by Crippen LogP contribution is -2.05. The van der Waals surface area contributed by atoms with Crippen LogP contribution in [0.15, 0.2) is 22.7 Å². The van der Waals surface area contributed by atoms with Gasteiger partial charge in [-0.2, -0.15) is 5.10 Å². The maximum Gasteiger partial charge on any atom is 0.163 e. The molecule has 0 atom stereocenters. The van der Waals surface area contributed by atoms with Crippen molar-refractivity contribution in [1.29, 1.82) is 0 Å². The highest BCUT2D eigenvalue weighted by molar-refractivity contribution is 9.10. The molecular formula is C15H20BrN3O. The van der Waals surface area contributed by atoms with Crippen molar-refractivity contribution in [3.8, 4) is 5.75 Å². The van der Waals surface area contributed by atoms with E-state index in [4.69, 9.17) is 4.74 Å². The minimum atomic E-state index is 0.536. The summed E-state index contributed by atoms with van der Waals surface area (Å²) in [5.41, 5.74) is 4.35. The molecule has 2 aromatic rings. The second kappa shape index (κ2) is 6.41. The molecule has 0 amide bonds. The molecule has 0 aliphatic heterocycles. The van der Waals surface area contributed by atoms with Crippen molar-refractivity contribution in [2.24, 2.45) is 7.05 Å². The zero-order valence-electron chi connectivity index (χ0n) is 12.3. The predicted octanol–water partition coefficient (Wildman–Crippen LogP) is 3.10. The van der Waals surface area contributed by atoms with E-state index in [-0.39, 0.29) is 0 Å². The van der Waals surface area contributed by atoms with Crippen LogP contribution in [0, 0.1) is 13.8 Å². The number of ether oxygens (including phenoxy) is 1. The molecule has 4 nitrogen and oxygen atoms in total. The second-order valence-corrected chi connectivity index (χ2v) is 5.72. The van der Waals surface area contributed by atoms with Crippen LogP contribution in [0.5, 0.6) is 5.75 Å². The molecule has 0 saturated carbocycles. The summed E-state index contributed by atoms with van der Waals surface area (Å²) in [5.74, 6) is 0.874. The second-order valence-electron chi connectivity index (χ2n) is 4.87. The number of rotatable bonds is 5. The van der Waals surface area contributed by atoms with Gasteiger partial charge in [0.1, 0.15) is 12.3 Å². The van der Waals surface area contributed by atoms with Crippen LogP contribution in [-0.4, -0.2) is 16.8 Å². The minimum Gasteiger partial charge on any atom is -0.485 e. The van der Waals surface area contributed by atoms with Crippen molar-refractivity contribution < 1.29 is 4.74 Å². The molecule has 2 rings (SSSR count). The molecule has 0 radical (unpaired) electrons. The molecule has 0 aliphatic carbocycles. The zero-order chi connectivity index (χ0) is 14.7. The Bertz CT molecular complexity index is 607. The molecule has 0 aliphatic rings. The van der Waals surface area contributed by atoms with Gasteiger partial charge in [0, 0.05) is 23.6 Å². The lowest BCUT2D eigenvalue weighted by molar-refractivity contribution is 0.301. The molecule has 0 saturated heterocycles. The maximum absolute atomic E-state index is 5.93. The third-order valence-electron chi connectivity index (χ3n) is 3.31.